The summed E-state index contributed by atoms with van der Waals surface area (Å²) in [6, 6.07) is 6.02. The number of nitrogens with zero attached hydrogens (tertiary/aromatic N) is 3. The lowest BCUT2D eigenvalue weighted by molar-refractivity contribution is 0.117. The summed E-state index contributed by atoms with van der Waals surface area (Å²) in [5.74, 6) is 1.82. The standard InChI is InChI=1S/C20H31N5O2.HI/c1-16-14-17(2)25(24-16)11-5-9-21-20(23-15-19-7-4-13-27-19)22-10-8-18-6-3-12-26-18;/h3,6,12,14,19H,4-5,7-11,13,15H2,1-2H3,(H2,21,22,23);1H. The number of aromatic nitrogens is 2. The molecule has 28 heavy (non-hydrogen) atoms. The van der Waals surface area contributed by atoms with E-state index < -0.39 is 0 Å². The van der Waals surface area contributed by atoms with Crippen LogP contribution in [0.4, 0.5) is 0 Å². The summed E-state index contributed by atoms with van der Waals surface area (Å²) in [6.45, 7) is 8.21. The van der Waals surface area contributed by atoms with Crippen LogP contribution in [0.25, 0.3) is 0 Å². The van der Waals surface area contributed by atoms with Gasteiger partial charge in [-0.2, -0.15) is 5.10 Å². The second kappa shape index (κ2) is 12.1. The third-order valence-electron chi connectivity index (χ3n) is 4.66. The molecule has 1 fully saturated rings. The molecule has 156 valence electrons. The van der Waals surface area contributed by atoms with Gasteiger partial charge in [0.1, 0.15) is 5.76 Å². The van der Waals surface area contributed by atoms with Crippen molar-refractivity contribution in [2.45, 2.75) is 52.2 Å². The molecule has 0 amide bonds. The molecule has 0 aromatic carbocycles. The number of guanidine groups is 1. The van der Waals surface area contributed by atoms with Crippen LogP contribution >= 0.6 is 24.0 Å². The van der Waals surface area contributed by atoms with Crippen molar-refractivity contribution in [3.63, 3.8) is 0 Å². The highest BCUT2D eigenvalue weighted by atomic mass is 127. The van der Waals surface area contributed by atoms with Crippen LogP contribution in [0.2, 0.25) is 0 Å². The Morgan fingerprint density at radius 2 is 2.18 bits per heavy atom. The quantitative estimate of drug-likeness (QED) is 0.239. The fourth-order valence-corrected chi connectivity index (χ4v) is 3.25. The Bertz CT molecular complexity index is 708. The number of halogens is 1. The van der Waals surface area contributed by atoms with Crippen LogP contribution in [-0.2, 0) is 17.7 Å². The van der Waals surface area contributed by atoms with E-state index in [4.69, 9.17) is 14.1 Å². The number of furan rings is 1. The third-order valence-corrected chi connectivity index (χ3v) is 4.66. The van der Waals surface area contributed by atoms with Crippen LogP contribution < -0.4 is 10.6 Å². The van der Waals surface area contributed by atoms with E-state index in [2.05, 4.69) is 33.4 Å². The Hall–Kier alpha value is -1.55. The van der Waals surface area contributed by atoms with Crippen LogP contribution in [0.5, 0.6) is 0 Å². The van der Waals surface area contributed by atoms with Gasteiger partial charge >= 0.3 is 0 Å². The van der Waals surface area contributed by atoms with Gasteiger partial charge in [0.25, 0.3) is 0 Å². The molecule has 7 nitrogen and oxygen atoms in total. The molecule has 8 heteroatoms. The van der Waals surface area contributed by atoms with Gasteiger partial charge in [-0.1, -0.05) is 0 Å². The molecule has 2 aromatic rings. The van der Waals surface area contributed by atoms with Crippen molar-refractivity contribution in [3.8, 4) is 0 Å². The zero-order chi connectivity index (χ0) is 18.9. The lowest BCUT2D eigenvalue weighted by Crippen LogP contribution is -2.39. The Kier molecular flexibility index (Phi) is 9.83. The monoisotopic (exact) mass is 501 g/mol. The Labute approximate surface area is 184 Å². The molecule has 1 aliphatic heterocycles. The molecular formula is C20H32IN5O2. The normalized spacial score (nSPS) is 16.8. The topological polar surface area (TPSA) is 76.6 Å². The Morgan fingerprint density at radius 3 is 2.86 bits per heavy atom. The van der Waals surface area contributed by atoms with Crippen molar-refractivity contribution in [2.24, 2.45) is 4.99 Å². The molecule has 3 rings (SSSR count). The molecule has 1 saturated heterocycles. The molecule has 3 heterocycles. The van der Waals surface area contributed by atoms with Crippen LogP contribution in [0.3, 0.4) is 0 Å². The number of aryl methyl sites for hydroxylation is 3. The average molecular weight is 501 g/mol. The minimum atomic E-state index is 0. The van der Waals surface area contributed by atoms with Crippen molar-refractivity contribution in [2.75, 3.05) is 26.2 Å². The first-order valence-corrected chi connectivity index (χ1v) is 9.88. The first kappa shape index (κ1) is 22.7. The van der Waals surface area contributed by atoms with Gasteiger partial charge in [0.15, 0.2) is 5.96 Å². The van der Waals surface area contributed by atoms with Gasteiger partial charge in [-0.25, -0.2) is 0 Å². The number of aliphatic imine (C=N–C) groups is 1. The lowest BCUT2D eigenvalue weighted by Gasteiger charge is -2.14. The number of hydrogen-bond donors (Lipinski definition) is 2. The highest BCUT2D eigenvalue weighted by Gasteiger charge is 2.15. The van der Waals surface area contributed by atoms with Gasteiger partial charge in [-0.15, -0.1) is 24.0 Å². The van der Waals surface area contributed by atoms with Crippen molar-refractivity contribution < 1.29 is 9.15 Å². The predicted molar refractivity (Wildman–Crippen MR) is 121 cm³/mol. The minimum Gasteiger partial charge on any atom is -0.469 e. The second-order valence-corrected chi connectivity index (χ2v) is 7.01. The largest absolute Gasteiger partial charge is 0.469 e. The maximum absolute atomic E-state index is 5.68. The molecule has 1 aliphatic rings. The van der Waals surface area contributed by atoms with Crippen molar-refractivity contribution in [3.05, 3.63) is 41.6 Å². The summed E-state index contributed by atoms with van der Waals surface area (Å²) in [6.07, 6.45) is 6.01. The third kappa shape index (κ3) is 7.46. The number of hydrogen-bond acceptors (Lipinski definition) is 4. The van der Waals surface area contributed by atoms with E-state index >= 15 is 0 Å². The van der Waals surface area contributed by atoms with E-state index in [-0.39, 0.29) is 30.1 Å². The maximum Gasteiger partial charge on any atom is 0.191 e. The summed E-state index contributed by atoms with van der Waals surface area (Å²) in [4.78, 5) is 4.71. The van der Waals surface area contributed by atoms with Crippen LogP contribution in [0, 0.1) is 13.8 Å². The summed E-state index contributed by atoms with van der Waals surface area (Å²) < 4.78 is 13.1. The molecule has 2 aromatic heterocycles. The van der Waals surface area contributed by atoms with Crippen LogP contribution in [-0.4, -0.2) is 48.1 Å². The number of nitrogens with one attached hydrogen (secondary N) is 2. The lowest BCUT2D eigenvalue weighted by atomic mass is 10.2. The zero-order valence-corrected chi connectivity index (χ0v) is 19.1. The van der Waals surface area contributed by atoms with Gasteiger partial charge in [0.2, 0.25) is 0 Å². The van der Waals surface area contributed by atoms with E-state index in [0.29, 0.717) is 6.54 Å². The van der Waals surface area contributed by atoms with Gasteiger partial charge in [-0.05, 0) is 51.3 Å². The van der Waals surface area contributed by atoms with E-state index in [1.165, 1.54) is 5.69 Å². The molecule has 0 saturated carbocycles. The first-order valence-electron chi connectivity index (χ1n) is 9.88. The predicted octanol–water partition coefficient (Wildman–Crippen LogP) is 3.06. The molecular weight excluding hydrogens is 469 g/mol. The van der Waals surface area contributed by atoms with Crippen LogP contribution in [0.15, 0.2) is 33.9 Å². The minimum absolute atomic E-state index is 0. The van der Waals surface area contributed by atoms with Crippen molar-refractivity contribution in [1.82, 2.24) is 20.4 Å². The van der Waals surface area contributed by atoms with Gasteiger partial charge in [0, 0.05) is 38.4 Å². The average Bonchev–Trinajstić information content (AvgIpc) is 3.39. The molecule has 0 bridgehead atoms. The van der Waals surface area contributed by atoms with Gasteiger partial charge < -0.3 is 19.8 Å². The summed E-state index contributed by atoms with van der Waals surface area (Å²) in [5.41, 5.74) is 2.27. The summed E-state index contributed by atoms with van der Waals surface area (Å²) in [7, 11) is 0. The van der Waals surface area contributed by atoms with Crippen molar-refractivity contribution >= 4 is 29.9 Å². The molecule has 0 radical (unpaired) electrons. The smallest absolute Gasteiger partial charge is 0.191 e. The molecule has 0 spiro atoms. The first-order chi connectivity index (χ1) is 13.2. The summed E-state index contributed by atoms with van der Waals surface area (Å²) in [5, 5.41) is 11.3. The van der Waals surface area contributed by atoms with E-state index in [1.54, 1.807) is 6.26 Å². The molecule has 1 atom stereocenters. The van der Waals surface area contributed by atoms with E-state index in [9.17, 15) is 0 Å². The van der Waals surface area contributed by atoms with Gasteiger partial charge in [0.05, 0.1) is 24.6 Å². The fourth-order valence-electron chi connectivity index (χ4n) is 3.25. The number of rotatable bonds is 9. The zero-order valence-electron chi connectivity index (χ0n) is 16.8. The van der Waals surface area contributed by atoms with Gasteiger partial charge in [-0.3, -0.25) is 9.67 Å². The highest BCUT2D eigenvalue weighted by molar-refractivity contribution is 14.0. The van der Waals surface area contributed by atoms with Crippen LogP contribution in [0.1, 0.15) is 36.4 Å². The highest BCUT2D eigenvalue weighted by Crippen LogP contribution is 2.11. The molecule has 2 N–H and O–H groups in total. The fraction of sp³-hybridized carbons (Fsp3) is 0.600. The Balaban J connectivity index is 0.00000280. The summed E-state index contributed by atoms with van der Waals surface area (Å²) >= 11 is 0. The van der Waals surface area contributed by atoms with E-state index in [1.807, 2.05) is 19.1 Å². The maximum atomic E-state index is 5.68. The Morgan fingerprint density at radius 1 is 1.32 bits per heavy atom. The SMILES string of the molecule is Cc1cc(C)n(CCCNC(=NCC2CCCO2)NCCc2ccco2)n1.I. The number of ether oxygens (including phenoxy) is 1. The molecule has 1 unspecified atom stereocenters. The second-order valence-electron chi connectivity index (χ2n) is 7.01. The van der Waals surface area contributed by atoms with E-state index in [0.717, 1.165) is 69.3 Å². The molecule has 0 aliphatic carbocycles. The van der Waals surface area contributed by atoms with Crippen molar-refractivity contribution in [1.29, 1.82) is 0 Å².